The SMILES string of the molecule is CCS(=O)(=O)N1CCC2(CCN(c3ccc(C)nn3)CC2)CC1. The lowest BCUT2D eigenvalue weighted by atomic mass is 9.71. The molecule has 0 unspecified atom stereocenters. The van der Waals surface area contributed by atoms with Crippen molar-refractivity contribution in [2.75, 3.05) is 36.8 Å². The van der Waals surface area contributed by atoms with Crippen LogP contribution in [0, 0.1) is 12.3 Å². The Morgan fingerprint density at radius 3 is 2.17 bits per heavy atom. The van der Waals surface area contributed by atoms with Gasteiger partial charge < -0.3 is 4.90 Å². The summed E-state index contributed by atoms with van der Waals surface area (Å²) in [5, 5.41) is 8.42. The Morgan fingerprint density at radius 1 is 1.04 bits per heavy atom. The first-order chi connectivity index (χ1) is 10.9. The molecular formula is C16H26N4O2S. The van der Waals surface area contributed by atoms with Crippen molar-refractivity contribution in [2.45, 2.75) is 39.5 Å². The summed E-state index contributed by atoms with van der Waals surface area (Å²) in [6.45, 7) is 7.00. The molecule has 0 N–H and O–H groups in total. The van der Waals surface area contributed by atoms with Crippen molar-refractivity contribution in [2.24, 2.45) is 5.41 Å². The molecule has 2 aliphatic rings. The monoisotopic (exact) mass is 338 g/mol. The van der Waals surface area contributed by atoms with Crippen LogP contribution in [0.15, 0.2) is 12.1 Å². The van der Waals surface area contributed by atoms with E-state index in [1.54, 1.807) is 11.2 Å². The maximum atomic E-state index is 12.0. The molecule has 2 aliphatic heterocycles. The van der Waals surface area contributed by atoms with E-state index in [9.17, 15) is 8.42 Å². The topological polar surface area (TPSA) is 66.4 Å². The van der Waals surface area contributed by atoms with Crippen LogP contribution in [0.1, 0.15) is 38.3 Å². The van der Waals surface area contributed by atoms with Gasteiger partial charge in [0, 0.05) is 26.2 Å². The van der Waals surface area contributed by atoms with Crippen LogP contribution in [0.3, 0.4) is 0 Å². The molecule has 7 heteroatoms. The lowest BCUT2D eigenvalue weighted by molar-refractivity contribution is 0.119. The van der Waals surface area contributed by atoms with Crippen LogP contribution >= 0.6 is 0 Å². The molecular weight excluding hydrogens is 312 g/mol. The van der Waals surface area contributed by atoms with Gasteiger partial charge in [0.2, 0.25) is 10.0 Å². The first-order valence-electron chi connectivity index (χ1n) is 8.47. The number of aryl methyl sites for hydroxylation is 1. The fraction of sp³-hybridized carbons (Fsp3) is 0.750. The number of rotatable bonds is 3. The Hall–Kier alpha value is -1.21. The van der Waals surface area contributed by atoms with Crippen LogP contribution in [0.2, 0.25) is 0 Å². The van der Waals surface area contributed by atoms with Crippen molar-refractivity contribution < 1.29 is 8.42 Å². The summed E-state index contributed by atoms with van der Waals surface area (Å²) in [5.41, 5.74) is 1.25. The Kier molecular flexibility index (Phi) is 4.60. The maximum Gasteiger partial charge on any atom is 0.213 e. The minimum atomic E-state index is -3.03. The molecule has 0 radical (unpaired) electrons. The number of hydrogen-bond donors (Lipinski definition) is 0. The Bertz CT molecular complexity index is 627. The molecule has 1 aromatic heterocycles. The van der Waals surface area contributed by atoms with E-state index < -0.39 is 10.0 Å². The molecule has 2 fully saturated rings. The van der Waals surface area contributed by atoms with E-state index in [0.717, 1.165) is 50.3 Å². The third-order valence-corrected chi connectivity index (χ3v) is 7.35. The number of hydrogen-bond acceptors (Lipinski definition) is 5. The summed E-state index contributed by atoms with van der Waals surface area (Å²) in [6, 6.07) is 4.04. The zero-order chi connectivity index (χ0) is 16.5. The highest BCUT2D eigenvalue weighted by atomic mass is 32.2. The van der Waals surface area contributed by atoms with Crippen LogP contribution in [-0.4, -0.2) is 54.9 Å². The van der Waals surface area contributed by atoms with E-state index >= 15 is 0 Å². The first kappa shape index (κ1) is 16.6. The predicted octanol–water partition coefficient (Wildman–Crippen LogP) is 1.82. The number of piperidine rings is 2. The van der Waals surface area contributed by atoms with Gasteiger partial charge in [-0.3, -0.25) is 0 Å². The summed E-state index contributed by atoms with van der Waals surface area (Å²) < 4.78 is 25.7. The van der Waals surface area contributed by atoms with Gasteiger partial charge in [-0.2, -0.15) is 5.10 Å². The first-order valence-corrected chi connectivity index (χ1v) is 10.1. The van der Waals surface area contributed by atoms with Gasteiger partial charge in [-0.1, -0.05) is 0 Å². The molecule has 0 saturated carbocycles. The average molecular weight is 338 g/mol. The molecule has 3 heterocycles. The van der Waals surface area contributed by atoms with Gasteiger partial charge >= 0.3 is 0 Å². The molecule has 0 amide bonds. The molecule has 1 aromatic rings. The van der Waals surface area contributed by atoms with E-state index in [1.807, 2.05) is 19.1 Å². The summed E-state index contributed by atoms with van der Waals surface area (Å²) in [4.78, 5) is 2.30. The van der Waals surface area contributed by atoms with Gasteiger partial charge in [-0.05, 0) is 57.1 Å². The highest BCUT2D eigenvalue weighted by Crippen LogP contribution is 2.42. The summed E-state index contributed by atoms with van der Waals surface area (Å²) in [5.74, 6) is 1.16. The van der Waals surface area contributed by atoms with Crippen LogP contribution in [-0.2, 0) is 10.0 Å². The van der Waals surface area contributed by atoms with Crippen molar-refractivity contribution in [3.05, 3.63) is 17.8 Å². The molecule has 1 spiro atoms. The molecule has 23 heavy (non-hydrogen) atoms. The molecule has 3 rings (SSSR count). The summed E-state index contributed by atoms with van der Waals surface area (Å²) >= 11 is 0. The van der Waals surface area contributed by atoms with Gasteiger partial charge in [-0.25, -0.2) is 12.7 Å². The van der Waals surface area contributed by atoms with E-state index in [2.05, 4.69) is 15.1 Å². The molecule has 128 valence electrons. The number of anilines is 1. The van der Waals surface area contributed by atoms with Gasteiger partial charge in [0.15, 0.2) is 5.82 Å². The third kappa shape index (κ3) is 3.50. The van der Waals surface area contributed by atoms with Crippen molar-refractivity contribution in [3.8, 4) is 0 Å². The quantitative estimate of drug-likeness (QED) is 0.841. The number of nitrogens with zero attached hydrogens (tertiary/aromatic N) is 4. The largest absolute Gasteiger partial charge is 0.355 e. The fourth-order valence-electron chi connectivity index (χ4n) is 3.69. The molecule has 0 bridgehead atoms. The van der Waals surface area contributed by atoms with Crippen molar-refractivity contribution >= 4 is 15.8 Å². The smallest absolute Gasteiger partial charge is 0.213 e. The normalized spacial score (nSPS) is 22.4. The van der Waals surface area contributed by atoms with Crippen molar-refractivity contribution in [1.82, 2.24) is 14.5 Å². The molecule has 0 aliphatic carbocycles. The van der Waals surface area contributed by atoms with E-state index in [4.69, 9.17) is 0 Å². The second-order valence-electron chi connectivity index (χ2n) is 6.82. The lowest BCUT2D eigenvalue weighted by Gasteiger charge is -2.46. The molecule has 0 aromatic carbocycles. The Morgan fingerprint density at radius 2 is 1.65 bits per heavy atom. The van der Waals surface area contributed by atoms with Crippen LogP contribution in [0.4, 0.5) is 5.82 Å². The fourth-order valence-corrected chi connectivity index (χ4v) is 4.80. The van der Waals surface area contributed by atoms with E-state index in [1.165, 1.54) is 0 Å². The van der Waals surface area contributed by atoms with Crippen LogP contribution in [0.25, 0.3) is 0 Å². The van der Waals surface area contributed by atoms with Gasteiger partial charge in [0.1, 0.15) is 0 Å². The summed E-state index contributed by atoms with van der Waals surface area (Å²) in [7, 11) is -3.03. The van der Waals surface area contributed by atoms with E-state index in [0.29, 0.717) is 18.5 Å². The third-order valence-electron chi connectivity index (χ3n) is 5.47. The van der Waals surface area contributed by atoms with E-state index in [-0.39, 0.29) is 5.75 Å². The average Bonchev–Trinajstić information content (AvgIpc) is 2.57. The Labute approximate surface area is 138 Å². The standard InChI is InChI=1S/C16H26N4O2S/c1-3-23(21,22)20-12-8-16(9-13-20)6-10-19(11-7-16)15-5-4-14(2)17-18-15/h4-5H,3,6-13H2,1-2H3. The minimum absolute atomic E-state index is 0.208. The summed E-state index contributed by atoms with van der Waals surface area (Å²) in [6.07, 6.45) is 4.20. The van der Waals surface area contributed by atoms with Crippen molar-refractivity contribution in [1.29, 1.82) is 0 Å². The van der Waals surface area contributed by atoms with Gasteiger partial charge in [-0.15, -0.1) is 5.10 Å². The highest BCUT2D eigenvalue weighted by molar-refractivity contribution is 7.89. The molecule has 6 nitrogen and oxygen atoms in total. The van der Waals surface area contributed by atoms with Crippen molar-refractivity contribution in [3.63, 3.8) is 0 Å². The zero-order valence-electron chi connectivity index (χ0n) is 14.0. The number of aromatic nitrogens is 2. The molecule has 0 atom stereocenters. The van der Waals surface area contributed by atoms with Crippen LogP contribution < -0.4 is 4.90 Å². The van der Waals surface area contributed by atoms with Gasteiger partial charge in [0.25, 0.3) is 0 Å². The lowest BCUT2D eigenvalue weighted by Crippen LogP contribution is -2.48. The Balaban J connectivity index is 1.58. The second kappa shape index (κ2) is 6.36. The van der Waals surface area contributed by atoms with Gasteiger partial charge in [0.05, 0.1) is 11.4 Å². The highest BCUT2D eigenvalue weighted by Gasteiger charge is 2.39. The number of sulfonamides is 1. The molecule has 2 saturated heterocycles. The van der Waals surface area contributed by atoms with Crippen LogP contribution in [0.5, 0.6) is 0 Å². The maximum absolute atomic E-state index is 12.0. The minimum Gasteiger partial charge on any atom is -0.355 e. The predicted molar refractivity (Wildman–Crippen MR) is 90.9 cm³/mol. The second-order valence-corrected chi connectivity index (χ2v) is 9.08. The zero-order valence-corrected chi connectivity index (χ0v) is 14.8.